The number of rotatable bonds is 2. The number of likely N-dealkylation sites (N-methyl/N-ethyl adjacent to an activating group) is 1. The zero-order chi connectivity index (χ0) is 6.78. The number of nitrogens with zero attached hydrogens (tertiary/aromatic N) is 1. The number of hydrogen-bond acceptors (Lipinski definition) is 2. The Hall–Kier alpha value is 0.439. The molecule has 0 aromatic heterocycles. The second kappa shape index (κ2) is 4.29. The largest absolute Gasteiger partial charge is 0.389 e. The Morgan fingerprint density at radius 3 is 1.67 bits per heavy atom. The van der Waals surface area contributed by atoms with Crippen molar-refractivity contribution in [1.29, 1.82) is 0 Å². The Labute approximate surface area is 67.7 Å². The Bertz CT molecular complexity index is 67.9. The minimum Gasteiger partial charge on any atom is -0.389 e. The topological polar surface area (TPSA) is 23.5 Å². The predicted octanol–water partition coefficient (Wildman–Crippen LogP) is 0.316. The molecule has 0 bridgehead atoms. The van der Waals surface area contributed by atoms with Gasteiger partial charge in [0.25, 0.3) is 0 Å². The van der Waals surface area contributed by atoms with Crippen LogP contribution >= 0.6 is 0 Å². The van der Waals surface area contributed by atoms with Crippen molar-refractivity contribution in [2.75, 3.05) is 20.6 Å². The normalized spacial score (nSPS) is 11.3. The minimum atomic E-state index is -0.552. The fourth-order valence-corrected chi connectivity index (χ4v) is 0.774. The van der Waals surface area contributed by atoms with Crippen LogP contribution in [-0.2, 0) is 17.1 Å². The first-order valence-electron chi connectivity index (χ1n) is 2.79. The molecule has 2 nitrogen and oxygen atoms in total. The van der Waals surface area contributed by atoms with Crippen molar-refractivity contribution in [2.45, 2.75) is 19.4 Å². The molecule has 0 radical (unpaired) electrons. The summed E-state index contributed by atoms with van der Waals surface area (Å²) in [6.07, 6.45) is 0. The Morgan fingerprint density at radius 1 is 1.33 bits per heavy atom. The van der Waals surface area contributed by atoms with Crippen LogP contribution in [0.1, 0.15) is 13.8 Å². The summed E-state index contributed by atoms with van der Waals surface area (Å²) in [4.78, 5) is 1.96. The van der Waals surface area contributed by atoms with E-state index in [0.29, 0.717) is 6.54 Å². The maximum atomic E-state index is 9.15. The molecule has 0 aliphatic heterocycles. The third kappa shape index (κ3) is 11.8. The molecule has 0 aromatic rings. The molecule has 0 amide bonds. The molecule has 0 aromatic carbocycles. The Morgan fingerprint density at radius 2 is 1.67 bits per heavy atom. The van der Waals surface area contributed by atoms with E-state index in [-0.39, 0.29) is 17.1 Å². The van der Waals surface area contributed by atoms with Gasteiger partial charge in [0.15, 0.2) is 0 Å². The predicted molar refractivity (Wildman–Crippen MR) is 34.9 cm³/mol. The van der Waals surface area contributed by atoms with Gasteiger partial charge in [0.1, 0.15) is 0 Å². The van der Waals surface area contributed by atoms with Crippen molar-refractivity contribution in [3.05, 3.63) is 0 Å². The molecule has 0 saturated heterocycles. The van der Waals surface area contributed by atoms with E-state index < -0.39 is 5.60 Å². The molecule has 0 heterocycles. The third-order valence-corrected chi connectivity index (χ3v) is 0.703. The molecule has 0 spiro atoms. The van der Waals surface area contributed by atoms with Gasteiger partial charge in [-0.05, 0) is 27.9 Å². The van der Waals surface area contributed by atoms with Gasteiger partial charge in [0, 0.05) is 23.6 Å². The first-order valence-corrected chi connectivity index (χ1v) is 2.79. The van der Waals surface area contributed by atoms with E-state index in [2.05, 4.69) is 0 Å². The first kappa shape index (κ1) is 12.1. The zero-order valence-corrected chi connectivity index (χ0v) is 7.56. The summed E-state index contributed by atoms with van der Waals surface area (Å²) in [5, 5.41) is 9.15. The smallest absolute Gasteiger partial charge is 0.0717 e. The van der Waals surface area contributed by atoms with Gasteiger partial charge < -0.3 is 10.0 Å². The summed E-state index contributed by atoms with van der Waals surface area (Å²) >= 11 is 0. The van der Waals surface area contributed by atoms with Crippen LogP contribution in [0.15, 0.2) is 0 Å². The van der Waals surface area contributed by atoms with Crippen LogP contribution in [0.3, 0.4) is 0 Å². The van der Waals surface area contributed by atoms with Gasteiger partial charge in [-0.1, -0.05) is 0 Å². The molecule has 58 valence electrons. The van der Waals surface area contributed by atoms with Gasteiger partial charge >= 0.3 is 0 Å². The maximum absolute atomic E-state index is 9.15. The average molecular weight is 173 g/mol. The number of hydrogen-bond donors (Lipinski definition) is 1. The molecule has 0 fully saturated rings. The van der Waals surface area contributed by atoms with Crippen molar-refractivity contribution in [3.8, 4) is 0 Å². The molecule has 1 N–H and O–H groups in total. The fraction of sp³-hybridized carbons (Fsp3) is 1.00. The first-order chi connectivity index (χ1) is 3.42. The van der Waals surface area contributed by atoms with Crippen LogP contribution in [0.2, 0.25) is 0 Å². The minimum absolute atomic E-state index is 0. The van der Waals surface area contributed by atoms with Gasteiger partial charge in [-0.25, -0.2) is 0 Å². The van der Waals surface area contributed by atoms with E-state index in [4.69, 9.17) is 5.11 Å². The van der Waals surface area contributed by atoms with E-state index in [1.807, 2.05) is 19.0 Å². The van der Waals surface area contributed by atoms with E-state index >= 15 is 0 Å². The molecule has 9 heavy (non-hydrogen) atoms. The summed E-state index contributed by atoms with van der Waals surface area (Å²) in [7, 11) is 3.88. The summed E-state index contributed by atoms with van der Waals surface area (Å²) in [5.74, 6) is 0. The molecule has 0 aliphatic rings. The molecular formula is C6H15FeNO. The van der Waals surface area contributed by atoms with Crippen molar-refractivity contribution in [2.24, 2.45) is 0 Å². The standard InChI is InChI=1S/C6H15NO.Fe/c1-6(2,8)5-7(3)4;/h8H,5H2,1-4H3;. The van der Waals surface area contributed by atoms with Crippen molar-refractivity contribution in [3.63, 3.8) is 0 Å². The van der Waals surface area contributed by atoms with Crippen LogP contribution in [-0.4, -0.2) is 36.2 Å². The van der Waals surface area contributed by atoms with Crippen LogP contribution in [0.5, 0.6) is 0 Å². The van der Waals surface area contributed by atoms with E-state index in [9.17, 15) is 0 Å². The molecule has 0 saturated carbocycles. The van der Waals surface area contributed by atoms with Crippen molar-refractivity contribution in [1.82, 2.24) is 4.90 Å². The summed E-state index contributed by atoms with van der Waals surface area (Å²) in [6.45, 7) is 4.31. The number of aliphatic hydroxyl groups is 1. The molecule has 0 aliphatic carbocycles. The SMILES string of the molecule is CN(C)CC(C)(C)O.[Fe]. The van der Waals surface area contributed by atoms with Crippen LogP contribution in [0.25, 0.3) is 0 Å². The fourth-order valence-electron chi connectivity index (χ4n) is 0.774. The second-order valence-corrected chi connectivity index (χ2v) is 3.05. The van der Waals surface area contributed by atoms with Crippen LogP contribution < -0.4 is 0 Å². The summed E-state index contributed by atoms with van der Waals surface area (Å²) in [6, 6.07) is 0. The maximum Gasteiger partial charge on any atom is 0.0717 e. The zero-order valence-electron chi connectivity index (χ0n) is 6.46. The molecule has 3 heteroatoms. The van der Waals surface area contributed by atoms with Crippen LogP contribution in [0, 0.1) is 0 Å². The Balaban J connectivity index is 0. The van der Waals surface area contributed by atoms with E-state index in [1.165, 1.54) is 0 Å². The van der Waals surface area contributed by atoms with Gasteiger partial charge in [0.2, 0.25) is 0 Å². The van der Waals surface area contributed by atoms with Crippen molar-refractivity contribution >= 4 is 0 Å². The van der Waals surface area contributed by atoms with Gasteiger partial charge in [0.05, 0.1) is 5.60 Å². The third-order valence-electron chi connectivity index (χ3n) is 0.703. The second-order valence-electron chi connectivity index (χ2n) is 3.05. The van der Waals surface area contributed by atoms with Crippen LogP contribution in [0.4, 0.5) is 0 Å². The van der Waals surface area contributed by atoms with Crippen molar-refractivity contribution < 1.29 is 22.2 Å². The average Bonchev–Trinajstić information content (AvgIpc) is 1.21. The molecular weight excluding hydrogens is 158 g/mol. The quantitative estimate of drug-likeness (QED) is 0.607. The van der Waals surface area contributed by atoms with Gasteiger partial charge in [-0.3, -0.25) is 0 Å². The van der Waals surface area contributed by atoms with Gasteiger partial charge in [-0.2, -0.15) is 0 Å². The monoisotopic (exact) mass is 173 g/mol. The summed E-state index contributed by atoms with van der Waals surface area (Å²) < 4.78 is 0. The van der Waals surface area contributed by atoms with Gasteiger partial charge in [-0.15, -0.1) is 0 Å². The van der Waals surface area contributed by atoms with E-state index in [0.717, 1.165) is 0 Å². The summed E-state index contributed by atoms with van der Waals surface area (Å²) in [5.41, 5.74) is -0.552. The van der Waals surface area contributed by atoms with E-state index in [1.54, 1.807) is 13.8 Å². The molecule has 0 unspecified atom stereocenters. The Kier molecular flexibility index (Phi) is 5.78. The molecule has 0 rings (SSSR count). The molecule has 0 atom stereocenters.